The largest absolute Gasteiger partial charge is 0.493 e. The molecule has 0 unspecified atom stereocenters. The minimum atomic E-state index is -0.409. The Bertz CT molecular complexity index is 961. The number of rotatable bonds is 6. The van der Waals surface area contributed by atoms with E-state index in [1.807, 2.05) is 31.2 Å². The van der Waals surface area contributed by atoms with E-state index >= 15 is 0 Å². The lowest BCUT2D eigenvalue weighted by Gasteiger charge is -2.20. The Balaban J connectivity index is 1.37. The molecule has 4 atom stereocenters. The summed E-state index contributed by atoms with van der Waals surface area (Å²) in [6.07, 6.45) is 8.01. The number of hydrogen-bond acceptors (Lipinski definition) is 6. The lowest BCUT2D eigenvalue weighted by molar-refractivity contribution is -0.140. The van der Waals surface area contributed by atoms with Gasteiger partial charge in [0.15, 0.2) is 0 Å². The van der Waals surface area contributed by atoms with Gasteiger partial charge in [0.05, 0.1) is 12.2 Å². The summed E-state index contributed by atoms with van der Waals surface area (Å²) in [6, 6.07) is 7.54. The maximum atomic E-state index is 12.3. The van der Waals surface area contributed by atoms with Crippen LogP contribution in [0, 0.1) is 5.92 Å². The van der Waals surface area contributed by atoms with Crippen molar-refractivity contribution in [2.75, 3.05) is 13.2 Å². The molecular weight excluding hydrogens is 408 g/mol. The fraction of sp³-hybridized carbons (Fsp3) is 0.462. The molecule has 2 saturated heterocycles. The predicted octanol–water partition coefficient (Wildman–Crippen LogP) is 4.40. The molecule has 2 heterocycles. The lowest BCUT2D eigenvalue weighted by atomic mass is 9.84. The Morgan fingerprint density at radius 1 is 1.34 bits per heavy atom. The van der Waals surface area contributed by atoms with E-state index in [0.717, 1.165) is 29.7 Å². The summed E-state index contributed by atoms with van der Waals surface area (Å²) in [6.45, 7) is 8.69. The topological polar surface area (TPSA) is 74.4 Å². The van der Waals surface area contributed by atoms with Gasteiger partial charge in [0.1, 0.15) is 24.6 Å². The van der Waals surface area contributed by atoms with Crippen molar-refractivity contribution < 1.29 is 28.5 Å². The van der Waals surface area contributed by atoms with Crippen molar-refractivity contribution in [1.29, 1.82) is 0 Å². The van der Waals surface area contributed by atoms with Crippen LogP contribution in [0.5, 0.6) is 5.75 Å². The molecule has 0 amide bonds. The van der Waals surface area contributed by atoms with Crippen LogP contribution < -0.4 is 4.74 Å². The smallest absolute Gasteiger partial charge is 0.334 e. The van der Waals surface area contributed by atoms with Gasteiger partial charge >= 0.3 is 11.9 Å². The van der Waals surface area contributed by atoms with Gasteiger partial charge in [-0.25, -0.2) is 9.59 Å². The zero-order chi connectivity index (χ0) is 22.7. The first kappa shape index (κ1) is 22.3. The van der Waals surface area contributed by atoms with Gasteiger partial charge in [0.25, 0.3) is 0 Å². The number of carbonyl (C=O) groups is 2. The van der Waals surface area contributed by atoms with E-state index in [0.29, 0.717) is 25.0 Å². The third-order valence-corrected chi connectivity index (χ3v) is 6.46. The minimum Gasteiger partial charge on any atom is -0.493 e. The molecule has 6 heteroatoms. The Kier molecular flexibility index (Phi) is 6.51. The first-order valence-corrected chi connectivity index (χ1v) is 11.2. The van der Waals surface area contributed by atoms with Crippen LogP contribution >= 0.6 is 0 Å². The highest BCUT2D eigenvalue weighted by Gasteiger charge is 2.61. The van der Waals surface area contributed by atoms with Crippen molar-refractivity contribution in [3.8, 4) is 5.75 Å². The van der Waals surface area contributed by atoms with E-state index in [2.05, 4.69) is 19.6 Å². The van der Waals surface area contributed by atoms with Crippen molar-refractivity contribution in [2.24, 2.45) is 5.92 Å². The van der Waals surface area contributed by atoms with Gasteiger partial charge < -0.3 is 18.9 Å². The van der Waals surface area contributed by atoms with E-state index in [-0.39, 0.29) is 36.3 Å². The summed E-state index contributed by atoms with van der Waals surface area (Å²) in [7, 11) is 0. The van der Waals surface area contributed by atoms with E-state index in [1.54, 1.807) is 6.08 Å². The number of para-hydroxylation sites is 1. The summed E-state index contributed by atoms with van der Waals surface area (Å²) in [5.74, 6) is -0.0761. The molecular formula is C26H30O6. The Morgan fingerprint density at radius 3 is 2.97 bits per heavy atom. The van der Waals surface area contributed by atoms with Gasteiger partial charge in [-0.2, -0.15) is 0 Å². The SMILES string of the molecule is C=C1C(=O)O[C@H]2[C@H]1CC/C(COC(=O)/C=C/c1ccccc1OCC)=C\CC[C@@]1(C)O[C@@H]21. The summed E-state index contributed by atoms with van der Waals surface area (Å²) in [5, 5.41) is 0. The summed E-state index contributed by atoms with van der Waals surface area (Å²) in [4.78, 5) is 24.4. The van der Waals surface area contributed by atoms with Gasteiger partial charge in [-0.05, 0) is 57.2 Å². The highest BCUT2D eigenvalue weighted by Crippen LogP contribution is 2.49. The summed E-state index contributed by atoms with van der Waals surface area (Å²) < 4.78 is 22.6. The number of allylic oxidation sites excluding steroid dienone is 1. The van der Waals surface area contributed by atoms with E-state index in [9.17, 15) is 9.59 Å². The average Bonchev–Trinajstić information content (AvgIpc) is 3.37. The standard InChI is InChI=1S/C26H30O6/c1-4-29-21-10-6-5-9-19(21)12-14-22(27)30-16-18-8-7-15-26(3)24(32-26)23-20(13-11-18)17(2)25(28)31-23/h5-6,8-10,12,14,20,23-24H,2,4,7,11,13,15-16H2,1,3H3/b14-12+,18-8+/t20-,23-,24-,26+/m0/s1. The molecule has 2 aliphatic heterocycles. The summed E-state index contributed by atoms with van der Waals surface area (Å²) >= 11 is 0. The first-order chi connectivity index (χ1) is 15.4. The maximum Gasteiger partial charge on any atom is 0.334 e. The zero-order valence-electron chi connectivity index (χ0n) is 18.7. The van der Waals surface area contributed by atoms with Crippen molar-refractivity contribution in [1.82, 2.24) is 0 Å². The van der Waals surface area contributed by atoms with Crippen LogP contribution in [0.25, 0.3) is 6.08 Å². The van der Waals surface area contributed by atoms with E-state index in [4.69, 9.17) is 18.9 Å². The number of carbonyl (C=O) groups excluding carboxylic acids is 2. The molecule has 32 heavy (non-hydrogen) atoms. The second-order valence-corrected chi connectivity index (χ2v) is 8.70. The molecule has 0 aromatic heterocycles. The normalized spacial score (nSPS) is 31.2. The highest BCUT2D eigenvalue weighted by molar-refractivity contribution is 5.91. The number of hydrogen-bond donors (Lipinski definition) is 0. The van der Waals surface area contributed by atoms with Gasteiger partial charge in [-0.15, -0.1) is 0 Å². The van der Waals surface area contributed by atoms with Crippen molar-refractivity contribution in [2.45, 2.75) is 57.3 Å². The number of esters is 2. The highest BCUT2D eigenvalue weighted by atomic mass is 16.6. The molecule has 0 N–H and O–H groups in total. The molecule has 6 nitrogen and oxygen atoms in total. The minimum absolute atomic E-state index is 0.0619. The van der Waals surface area contributed by atoms with Gasteiger partial charge in [0, 0.05) is 23.1 Å². The number of epoxide rings is 1. The molecule has 0 saturated carbocycles. The molecule has 4 rings (SSSR count). The molecule has 170 valence electrons. The van der Waals surface area contributed by atoms with E-state index in [1.165, 1.54) is 6.08 Å². The molecule has 0 radical (unpaired) electrons. The molecule has 1 aromatic carbocycles. The van der Waals surface area contributed by atoms with Crippen molar-refractivity contribution in [3.63, 3.8) is 0 Å². The van der Waals surface area contributed by atoms with Crippen LogP contribution in [-0.2, 0) is 23.8 Å². The van der Waals surface area contributed by atoms with E-state index < -0.39 is 5.97 Å². The molecule has 1 aromatic rings. The molecule has 0 bridgehead atoms. The maximum absolute atomic E-state index is 12.3. The molecule has 2 fully saturated rings. The zero-order valence-corrected chi connectivity index (χ0v) is 18.7. The quantitative estimate of drug-likeness (QED) is 0.284. The van der Waals surface area contributed by atoms with Crippen LogP contribution in [0.3, 0.4) is 0 Å². The molecule has 3 aliphatic rings. The second kappa shape index (κ2) is 9.33. The molecule has 1 aliphatic carbocycles. The Morgan fingerprint density at radius 2 is 2.16 bits per heavy atom. The van der Waals surface area contributed by atoms with Crippen LogP contribution in [0.2, 0.25) is 0 Å². The number of benzene rings is 1. The third-order valence-electron chi connectivity index (χ3n) is 6.46. The lowest BCUT2D eigenvalue weighted by Crippen LogP contribution is -2.29. The number of fused-ring (bicyclic) bond motifs is 3. The first-order valence-electron chi connectivity index (χ1n) is 11.2. The molecule has 0 spiro atoms. The van der Waals surface area contributed by atoms with Crippen molar-refractivity contribution in [3.05, 3.63) is 59.7 Å². The van der Waals surface area contributed by atoms with Gasteiger partial charge in [-0.3, -0.25) is 0 Å². The van der Waals surface area contributed by atoms with Crippen LogP contribution in [0.1, 0.15) is 45.1 Å². The van der Waals surface area contributed by atoms with Crippen molar-refractivity contribution >= 4 is 18.0 Å². The fourth-order valence-electron chi connectivity index (χ4n) is 4.53. The van der Waals surface area contributed by atoms with Crippen LogP contribution in [0.4, 0.5) is 0 Å². The second-order valence-electron chi connectivity index (χ2n) is 8.70. The van der Waals surface area contributed by atoms with Gasteiger partial charge in [0.2, 0.25) is 0 Å². The predicted molar refractivity (Wildman–Crippen MR) is 120 cm³/mol. The monoisotopic (exact) mass is 438 g/mol. The summed E-state index contributed by atoms with van der Waals surface area (Å²) in [5.41, 5.74) is 2.10. The number of ether oxygens (including phenoxy) is 4. The fourth-order valence-corrected chi connectivity index (χ4v) is 4.53. The van der Waals surface area contributed by atoms with Crippen LogP contribution in [0.15, 0.2) is 54.1 Å². The van der Waals surface area contributed by atoms with Gasteiger partial charge in [-0.1, -0.05) is 30.9 Å². The Hall–Kier alpha value is -2.86. The Labute approximate surface area is 188 Å². The third kappa shape index (κ3) is 4.80. The van der Waals surface area contributed by atoms with Crippen LogP contribution in [-0.4, -0.2) is 43.0 Å². The average molecular weight is 439 g/mol.